The molecule has 0 aliphatic carbocycles. The summed E-state index contributed by atoms with van der Waals surface area (Å²) in [6.45, 7) is 4.54. The molecule has 0 aliphatic rings. The van der Waals surface area contributed by atoms with Gasteiger partial charge < -0.3 is 11.1 Å². The van der Waals surface area contributed by atoms with Crippen LogP contribution in [0.5, 0.6) is 0 Å². The van der Waals surface area contributed by atoms with Gasteiger partial charge in [-0.25, -0.2) is 0 Å². The third-order valence-corrected chi connectivity index (χ3v) is 3.15. The van der Waals surface area contributed by atoms with Crippen molar-refractivity contribution in [1.82, 2.24) is 10.2 Å². The number of anilines is 1. The van der Waals surface area contributed by atoms with Crippen molar-refractivity contribution in [2.45, 2.75) is 20.3 Å². The number of fused-ring (bicyclic) bond motifs is 1. The molecule has 5 nitrogen and oxygen atoms in total. The number of para-hydroxylation sites is 1. The Bertz CT molecular complexity index is 561. The third-order valence-electron chi connectivity index (χ3n) is 3.15. The number of aromatic amines is 1. The second-order valence-corrected chi connectivity index (χ2v) is 5.19. The molecular weight excluding hydrogens is 240 g/mol. The molecule has 0 saturated carbocycles. The molecule has 19 heavy (non-hydrogen) atoms. The molecule has 0 aliphatic heterocycles. The van der Waals surface area contributed by atoms with Gasteiger partial charge in [-0.15, -0.1) is 0 Å². The zero-order chi connectivity index (χ0) is 13.8. The first-order chi connectivity index (χ1) is 9.11. The van der Waals surface area contributed by atoms with E-state index in [0.29, 0.717) is 12.5 Å². The molecule has 1 aromatic carbocycles. The van der Waals surface area contributed by atoms with Crippen molar-refractivity contribution in [1.29, 1.82) is 0 Å². The summed E-state index contributed by atoms with van der Waals surface area (Å²) < 4.78 is 0. The molecule has 0 saturated heterocycles. The largest absolute Gasteiger partial charge is 0.330 e. The minimum Gasteiger partial charge on any atom is -0.330 e. The molecule has 2 rings (SSSR count). The zero-order valence-electron chi connectivity index (χ0n) is 11.3. The van der Waals surface area contributed by atoms with E-state index in [9.17, 15) is 4.79 Å². The first-order valence-corrected chi connectivity index (χ1v) is 6.54. The van der Waals surface area contributed by atoms with E-state index in [1.807, 2.05) is 18.2 Å². The average molecular weight is 260 g/mol. The number of hydrogen-bond donors (Lipinski definition) is 3. The molecule has 1 amide bonds. The van der Waals surface area contributed by atoms with E-state index in [1.54, 1.807) is 6.20 Å². The van der Waals surface area contributed by atoms with E-state index in [4.69, 9.17) is 5.73 Å². The number of nitrogens with one attached hydrogen (secondary N) is 2. The maximum atomic E-state index is 12.2. The summed E-state index contributed by atoms with van der Waals surface area (Å²) in [5.74, 6) is 0.263. The Hall–Kier alpha value is -1.88. The monoisotopic (exact) mass is 260 g/mol. The van der Waals surface area contributed by atoms with Gasteiger partial charge in [-0.2, -0.15) is 5.10 Å². The smallest absolute Gasteiger partial charge is 0.228 e. The number of carbonyl (C=O) groups excluding carboxylic acids is 1. The van der Waals surface area contributed by atoms with Crippen molar-refractivity contribution in [3.63, 3.8) is 0 Å². The Morgan fingerprint density at radius 1 is 1.47 bits per heavy atom. The Balaban J connectivity index is 2.15. The van der Waals surface area contributed by atoms with Crippen LogP contribution < -0.4 is 11.1 Å². The summed E-state index contributed by atoms with van der Waals surface area (Å²) in [5, 5.41) is 10.8. The number of carbonyl (C=O) groups is 1. The van der Waals surface area contributed by atoms with E-state index < -0.39 is 0 Å². The van der Waals surface area contributed by atoms with E-state index in [1.165, 1.54) is 0 Å². The van der Waals surface area contributed by atoms with Crippen LogP contribution in [0, 0.1) is 11.8 Å². The number of amides is 1. The zero-order valence-corrected chi connectivity index (χ0v) is 11.3. The van der Waals surface area contributed by atoms with Crippen LogP contribution in [0.1, 0.15) is 20.3 Å². The second-order valence-electron chi connectivity index (χ2n) is 5.19. The molecular formula is C14H20N4O. The second kappa shape index (κ2) is 5.84. The third kappa shape index (κ3) is 3.12. The lowest BCUT2D eigenvalue weighted by atomic mass is 9.96. The fourth-order valence-corrected chi connectivity index (χ4v) is 2.19. The molecule has 1 unspecified atom stereocenters. The predicted molar refractivity (Wildman–Crippen MR) is 76.7 cm³/mol. The number of nitrogens with zero attached hydrogens (tertiary/aromatic N) is 1. The molecule has 1 aromatic heterocycles. The van der Waals surface area contributed by atoms with Crippen molar-refractivity contribution >= 4 is 22.5 Å². The minimum absolute atomic E-state index is 0.0294. The van der Waals surface area contributed by atoms with Gasteiger partial charge in [0.05, 0.1) is 23.3 Å². The molecule has 0 fully saturated rings. The highest BCUT2D eigenvalue weighted by Crippen LogP contribution is 2.22. The van der Waals surface area contributed by atoms with Gasteiger partial charge in [0, 0.05) is 11.9 Å². The van der Waals surface area contributed by atoms with E-state index in [2.05, 4.69) is 29.4 Å². The van der Waals surface area contributed by atoms with Crippen LogP contribution in [-0.2, 0) is 4.79 Å². The van der Waals surface area contributed by atoms with E-state index >= 15 is 0 Å². The van der Waals surface area contributed by atoms with Crippen LogP contribution in [0.15, 0.2) is 24.4 Å². The molecule has 0 radical (unpaired) electrons. The van der Waals surface area contributed by atoms with Gasteiger partial charge in [-0.1, -0.05) is 26.0 Å². The topological polar surface area (TPSA) is 83.8 Å². The Morgan fingerprint density at radius 2 is 2.26 bits per heavy atom. The quantitative estimate of drug-likeness (QED) is 0.770. The SMILES string of the molecule is CC(C)CC(CN)C(=O)Nc1cccc2cn[nH]c12. The van der Waals surface area contributed by atoms with E-state index in [0.717, 1.165) is 23.0 Å². The molecule has 0 bridgehead atoms. The molecule has 1 atom stereocenters. The molecule has 5 heteroatoms. The molecule has 4 N–H and O–H groups in total. The Kier molecular flexibility index (Phi) is 4.16. The van der Waals surface area contributed by atoms with Crippen molar-refractivity contribution in [3.05, 3.63) is 24.4 Å². The van der Waals surface area contributed by atoms with Gasteiger partial charge in [0.25, 0.3) is 0 Å². The lowest BCUT2D eigenvalue weighted by molar-refractivity contribution is -0.120. The first kappa shape index (κ1) is 13.5. The summed E-state index contributed by atoms with van der Waals surface area (Å²) in [7, 11) is 0. The lowest BCUT2D eigenvalue weighted by Crippen LogP contribution is -2.30. The molecule has 102 valence electrons. The molecule has 0 spiro atoms. The number of rotatable bonds is 5. The van der Waals surface area contributed by atoms with Crippen LogP contribution in [0.3, 0.4) is 0 Å². The van der Waals surface area contributed by atoms with Crippen LogP contribution in [0.4, 0.5) is 5.69 Å². The summed E-state index contributed by atoms with van der Waals surface area (Å²) in [5.41, 5.74) is 7.28. The first-order valence-electron chi connectivity index (χ1n) is 6.54. The number of benzene rings is 1. The van der Waals surface area contributed by atoms with Gasteiger partial charge in [0.2, 0.25) is 5.91 Å². The van der Waals surface area contributed by atoms with Gasteiger partial charge in [0.1, 0.15) is 0 Å². The van der Waals surface area contributed by atoms with Gasteiger partial charge in [0.15, 0.2) is 0 Å². The standard InChI is InChI=1S/C14H20N4O/c1-9(2)6-11(7-15)14(19)17-12-5-3-4-10-8-16-18-13(10)12/h3-5,8-9,11H,6-7,15H2,1-2H3,(H,16,18)(H,17,19). The normalized spacial score (nSPS) is 12.8. The van der Waals surface area contributed by atoms with Crippen molar-refractivity contribution in [2.24, 2.45) is 17.6 Å². The average Bonchev–Trinajstić information content (AvgIpc) is 2.84. The fourth-order valence-electron chi connectivity index (χ4n) is 2.19. The van der Waals surface area contributed by atoms with Gasteiger partial charge in [-0.3, -0.25) is 9.89 Å². The summed E-state index contributed by atoms with van der Waals surface area (Å²) in [6.07, 6.45) is 2.53. The highest BCUT2D eigenvalue weighted by molar-refractivity contribution is 6.01. The number of H-pyrrole nitrogens is 1. The van der Waals surface area contributed by atoms with Gasteiger partial charge in [-0.05, 0) is 18.4 Å². The lowest BCUT2D eigenvalue weighted by Gasteiger charge is -2.17. The van der Waals surface area contributed by atoms with Crippen molar-refractivity contribution < 1.29 is 4.79 Å². The fraction of sp³-hybridized carbons (Fsp3) is 0.429. The van der Waals surface area contributed by atoms with Crippen LogP contribution in [0.25, 0.3) is 10.9 Å². The van der Waals surface area contributed by atoms with E-state index in [-0.39, 0.29) is 11.8 Å². The summed E-state index contributed by atoms with van der Waals surface area (Å²) in [6, 6.07) is 5.71. The maximum absolute atomic E-state index is 12.2. The highest BCUT2D eigenvalue weighted by Gasteiger charge is 2.19. The van der Waals surface area contributed by atoms with Crippen LogP contribution in [-0.4, -0.2) is 22.6 Å². The maximum Gasteiger partial charge on any atom is 0.228 e. The van der Waals surface area contributed by atoms with Crippen molar-refractivity contribution in [3.8, 4) is 0 Å². The summed E-state index contributed by atoms with van der Waals surface area (Å²) in [4.78, 5) is 12.2. The number of nitrogens with two attached hydrogens (primary N) is 1. The number of hydrogen-bond acceptors (Lipinski definition) is 3. The molecule has 1 heterocycles. The Morgan fingerprint density at radius 3 is 2.95 bits per heavy atom. The van der Waals surface area contributed by atoms with Gasteiger partial charge >= 0.3 is 0 Å². The minimum atomic E-state index is -0.154. The predicted octanol–water partition coefficient (Wildman–Crippen LogP) is 2.12. The number of aromatic nitrogens is 2. The highest BCUT2D eigenvalue weighted by atomic mass is 16.1. The van der Waals surface area contributed by atoms with Crippen LogP contribution in [0.2, 0.25) is 0 Å². The van der Waals surface area contributed by atoms with Crippen molar-refractivity contribution in [2.75, 3.05) is 11.9 Å². The Labute approximate surface area is 112 Å². The molecule has 2 aromatic rings. The summed E-state index contributed by atoms with van der Waals surface area (Å²) >= 11 is 0. The van der Waals surface area contributed by atoms with Crippen LogP contribution >= 0.6 is 0 Å².